The van der Waals surface area contributed by atoms with Crippen molar-refractivity contribution < 1.29 is 32.7 Å². The molecule has 80 valence electrons. The third-order valence-corrected chi connectivity index (χ3v) is 0.935. The summed E-state index contributed by atoms with van der Waals surface area (Å²) in [6.07, 6.45) is -5.41. The van der Waals surface area contributed by atoms with Crippen LogP contribution in [-0.4, -0.2) is 41.1 Å². The minimum Gasteiger partial charge on any atom is -0.480 e. The van der Waals surface area contributed by atoms with Crippen molar-refractivity contribution in [3.63, 3.8) is 0 Å². The molecule has 0 aliphatic rings. The first-order valence-corrected chi connectivity index (χ1v) is 3.09. The van der Waals surface area contributed by atoms with E-state index in [-0.39, 0.29) is 11.4 Å². The van der Waals surface area contributed by atoms with E-state index < -0.39 is 24.6 Å². The standard InChI is InChI=1S/C5H5F3N2O4/c6-5(7,8)4(14)9-10(2-11)1-3(12)13/h2H,1H2,(H,9,14)(H,12,13). The van der Waals surface area contributed by atoms with Gasteiger partial charge in [0, 0.05) is 0 Å². The van der Waals surface area contributed by atoms with Gasteiger partial charge in [-0.1, -0.05) is 0 Å². The number of nitrogens with one attached hydrogen (secondary N) is 1. The fourth-order valence-corrected chi connectivity index (χ4v) is 0.443. The van der Waals surface area contributed by atoms with Gasteiger partial charge in [0.15, 0.2) is 0 Å². The summed E-state index contributed by atoms with van der Waals surface area (Å²) >= 11 is 0. The average Bonchev–Trinajstić information content (AvgIpc) is 2.00. The van der Waals surface area contributed by atoms with Gasteiger partial charge >= 0.3 is 18.1 Å². The van der Waals surface area contributed by atoms with Crippen molar-refractivity contribution >= 4 is 18.3 Å². The predicted octanol–water partition coefficient (Wildman–Crippen LogP) is -0.877. The maximum Gasteiger partial charge on any atom is 0.472 e. The van der Waals surface area contributed by atoms with Gasteiger partial charge in [-0.15, -0.1) is 0 Å². The number of amides is 2. The Morgan fingerprint density at radius 2 is 1.93 bits per heavy atom. The van der Waals surface area contributed by atoms with E-state index >= 15 is 0 Å². The molecule has 0 spiro atoms. The van der Waals surface area contributed by atoms with Crippen LogP contribution in [-0.2, 0) is 14.4 Å². The van der Waals surface area contributed by atoms with Crippen LogP contribution in [0.15, 0.2) is 0 Å². The summed E-state index contributed by atoms with van der Waals surface area (Å²) in [4.78, 5) is 30.1. The fraction of sp³-hybridized carbons (Fsp3) is 0.400. The van der Waals surface area contributed by atoms with Crippen molar-refractivity contribution in [2.45, 2.75) is 6.18 Å². The van der Waals surface area contributed by atoms with Crippen LogP contribution in [0.2, 0.25) is 0 Å². The van der Waals surface area contributed by atoms with Crippen molar-refractivity contribution in [3.05, 3.63) is 0 Å². The molecule has 0 bridgehead atoms. The number of alkyl halides is 3. The molecule has 0 saturated carbocycles. The molecule has 0 radical (unpaired) electrons. The molecule has 0 aliphatic heterocycles. The van der Waals surface area contributed by atoms with Gasteiger partial charge in [-0.25, -0.2) is 5.01 Å². The van der Waals surface area contributed by atoms with Gasteiger partial charge < -0.3 is 5.11 Å². The molecule has 14 heavy (non-hydrogen) atoms. The number of carbonyl (C=O) groups excluding carboxylic acids is 2. The molecular formula is C5H5F3N2O4. The maximum atomic E-state index is 11.6. The average molecular weight is 214 g/mol. The van der Waals surface area contributed by atoms with Crippen molar-refractivity contribution in [2.75, 3.05) is 6.54 Å². The van der Waals surface area contributed by atoms with Gasteiger partial charge in [0.05, 0.1) is 0 Å². The minimum absolute atomic E-state index is 0.0296. The van der Waals surface area contributed by atoms with Crippen molar-refractivity contribution in [1.82, 2.24) is 10.4 Å². The first kappa shape index (κ1) is 12.2. The fourth-order valence-electron chi connectivity index (χ4n) is 0.443. The van der Waals surface area contributed by atoms with Crippen LogP contribution < -0.4 is 5.43 Å². The quantitative estimate of drug-likeness (QED) is 0.470. The van der Waals surface area contributed by atoms with Gasteiger partial charge in [0.25, 0.3) is 0 Å². The number of aliphatic carboxylic acids is 1. The van der Waals surface area contributed by atoms with Crippen molar-refractivity contribution in [1.29, 1.82) is 0 Å². The number of hydrazine groups is 1. The zero-order valence-corrected chi connectivity index (χ0v) is 6.54. The Hall–Kier alpha value is -1.80. The highest BCUT2D eigenvalue weighted by atomic mass is 19.4. The van der Waals surface area contributed by atoms with Gasteiger partial charge in [0.2, 0.25) is 6.41 Å². The molecule has 0 saturated heterocycles. The van der Waals surface area contributed by atoms with E-state index in [4.69, 9.17) is 5.11 Å². The Bertz CT molecular complexity index is 252. The molecule has 9 heteroatoms. The molecule has 0 unspecified atom stereocenters. The minimum atomic E-state index is -5.17. The van der Waals surface area contributed by atoms with E-state index in [1.165, 1.54) is 0 Å². The van der Waals surface area contributed by atoms with Crippen molar-refractivity contribution in [2.24, 2.45) is 0 Å². The van der Waals surface area contributed by atoms with E-state index in [0.29, 0.717) is 0 Å². The van der Waals surface area contributed by atoms with Crippen molar-refractivity contribution in [3.8, 4) is 0 Å². The summed E-state index contributed by atoms with van der Waals surface area (Å²) < 4.78 is 34.7. The smallest absolute Gasteiger partial charge is 0.472 e. The molecule has 0 atom stereocenters. The molecule has 6 nitrogen and oxygen atoms in total. The number of carboxylic acids is 1. The lowest BCUT2D eigenvalue weighted by Crippen LogP contribution is -2.49. The van der Waals surface area contributed by atoms with Gasteiger partial charge in [-0.3, -0.25) is 19.8 Å². The number of hydrogen-bond acceptors (Lipinski definition) is 3. The number of hydrogen-bond donors (Lipinski definition) is 2. The summed E-state index contributed by atoms with van der Waals surface area (Å²) in [5.74, 6) is -3.97. The Balaban J connectivity index is 4.26. The van der Waals surface area contributed by atoms with Crippen LogP contribution >= 0.6 is 0 Å². The largest absolute Gasteiger partial charge is 0.480 e. The second-order valence-electron chi connectivity index (χ2n) is 2.07. The van der Waals surface area contributed by atoms with Crippen LogP contribution in [0.1, 0.15) is 0 Å². The van der Waals surface area contributed by atoms with E-state index in [2.05, 4.69) is 0 Å². The van der Waals surface area contributed by atoms with Crippen LogP contribution in [0.25, 0.3) is 0 Å². The molecule has 0 aromatic rings. The van der Waals surface area contributed by atoms with Crippen LogP contribution in [0.4, 0.5) is 13.2 Å². The monoisotopic (exact) mass is 214 g/mol. The highest BCUT2D eigenvalue weighted by molar-refractivity contribution is 5.83. The third-order valence-electron chi connectivity index (χ3n) is 0.935. The Kier molecular flexibility index (Phi) is 3.87. The molecule has 0 aromatic carbocycles. The number of halogens is 3. The van der Waals surface area contributed by atoms with E-state index in [9.17, 15) is 27.6 Å². The molecule has 0 rings (SSSR count). The van der Waals surface area contributed by atoms with E-state index in [0.717, 1.165) is 5.43 Å². The van der Waals surface area contributed by atoms with Gasteiger partial charge in [-0.2, -0.15) is 13.2 Å². The molecule has 0 aromatic heterocycles. The first-order chi connectivity index (χ1) is 6.27. The topological polar surface area (TPSA) is 86.7 Å². The molecular weight excluding hydrogens is 209 g/mol. The van der Waals surface area contributed by atoms with Crippen LogP contribution in [0.5, 0.6) is 0 Å². The lowest BCUT2D eigenvalue weighted by atomic mass is 10.6. The summed E-state index contributed by atoms with van der Waals surface area (Å²) in [5, 5.41) is 8.07. The zero-order chi connectivity index (χ0) is 11.4. The normalized spacial score (nSPS) is 10.5. The predicted molar refractivity (Wildman–Crippen MR) is 34.6 cm³/mol. The third kappa shape index (κ3) is 4.28. The Morgan fingerprint density at radius 3 is 2.21 bits per heavy atom. The summed E-state index contributed by atoms with van der Waals surface area (Å²) in [6.45, 7) is -1.05. The van der Waals surface area contributed by atoms with Gasteiger partial charge in [-0.05, 0) is 0 Å². The highest BCUT2D eigenvalue weighted by Crippen LogP contribution is 2.13. The van der Waals surface area contributed by atoms with E-state index in [1.54, 1.807) is 0 Å². The number of carboxylic acid groups (broad SMARTS) is 1. The maximum absolute atomic E-state index is 11.6. The molecule has 2 N–H and O–H groups in total. The molecule has 2 amide bonds. The Labute approximate surface area is 75.3 Å². The Morgan fingerprint density at radius 1 is 1.43 bits per heavy atom. The summed E-state index contributed by atoms with van der Waals surface area (Å²) in [7, 11) is 0. The summed E-state index contributed by atoms with van der Waals surface area (Å²) in [6, 6.07) is 0. The number of rotatable bonds is 4. The second-order valence-corrected chi connectivity index (χ2v) is 2.07. The number of nitrogens with zero attached hydrogens (tertiary/aromatic N) is 1. The van der Waals surface area contributed by atoms with Gasteiger partial charge in [0.1, 0.15) is 6.54 Å². The highest BCUT2D eigenvalue weighted by Gasteiger charge is 2.39. The van der Waals surface area contributed by atoms with Crippen LogP contribution in [0, 0.1) is 0 Å². The molecule has 0 heterocycles. The summed E-state index contributed by atoms with van der Waals surface area (Å²) in [5.41, 5.74) is 1.06. The molecule has 0 fully saturated rings. The van der Waals surface area contributed by atoms with Crippen LogP contribution in [0.3, 0.4) is 0 Å². The first-order valence-electron chi connectivity index (χ1n) is 3.09. The second kappa shape index (κ2) is 4.44. The zero-order valence-electron chi connectivity index (χ0n) is 6.54. The molecule has 0 aliphatic carbocycles. The number of carbonyl (C=O) groups is 3. The lowest BCUT2D eigenvalue weighted by Gasteiger charge is -2.16. The lowest BCUT2D eigenvalue weighted by molar-refractivity contribution is -0.179. The van der Waals surface area contributed by atoms with E-state index in [1.807, 2.05) is 0 Å². The SMILES string of the molecule is O=CN(CC(=O)O)NC(=O)C(F)(F)F.